The lowest BCUT2D eigenvalue weighted by atomic mass is 10.2. The molecular weight excluding hydrogens is 240 g/mol. The van der Waals surface area contributed by atoms with Crippen LogP contribution in [-0.4, -0.2) is 48.0 Å². The van der Waals surface area contributed by atoms with Gasteiger partial charge >= 0.3 is 0 Å². The van der Waals surface area contributed by atoms with E-state index in [1.807, 2.05) is 12.1 Å². The van der Waals surface area contributed by atoms with Crippen molar-refractivity contribution >= 4 is 17.4 Å². The molecule has 104 valence electrons. The van der Waals surface area contributed by atoms with Crippen molar-refractivity contribution in [1.29, 1.82) is 0 Å². The topological polar surface area (TPSA) is 48.5 Å². The first-order valence-electron chi connectivity index (χ1n) is 6.79. The van der Waals surface area contributed by atoms with Crippen LogP contribution in [0.15, 0.2) is 18.3 Å². The summed E-state index contributed by atoms with van der Waals surface area (Å²) in [4.78, 5) is 20.2. The number of carbonyl (C=O) groups excluding carboxylic acids is 1. The van der Waals surface area contributed by atoms with Gasteiger partial charge in [0.1, 0.15) is 5.82 Å². The minimum atomic E-state index is -0.0539. The van der Waals surface area contributed by atoms with Crippen LogP contribution in [0.2, 0.25) is 0 Å². The van der Waals surface area contributed by atoms with Crippen LogP contribution in [0.3, 0.4) is 0 Å². The molecule has 0 spiro atoms. The van der Waals surface area contributed by atoms with Crippen LogP contribution in [0.25, 0.3) is 0 Å². The van der Waals surface area contributed by atoms with Crippen LogP contribution in [0.4, 0.5) is 11.5 Å². The molecule has 0 radical (unpaired) electrons. The number of hydrogen-bond acceptors (Lipinski definition) is 4. The van der Waals surface area contributed by atoms with Crippen LogP contribution < -0.4 is 10.2 Å². The summed E-state index contributed by atoms with van der Waals surface area (Å²) in [6.07, 6.45) is 1.75. The van der Waals surface area contributed by atoms with Gasteiger partial charge in [-0.25, -0.2) is 4.98 Å². The molecule has 19 heavy (non-hydrogen) atoms. The third-order valence-corrected chi connectivity index (χ3v) is 3.43. The third-order valence-electron chi connectivity index (χ3n) is 3.43. The van der Waals surface area contributed by atoms with Gasteiger partial charge in [0.15, 0.2) is 0 Å². The molecule has 2 heterocycles. The van der Waals surface area contributed by atoms with E-state index in [1.54, 1.807) is 6.20 Å². The SMILES string of the molecule is CC(=O)Nc1ccnc(N2CCN(C(C)C)CC2)c1. The number of aromatic nitrogens is 1. The molecule has 5 nitrogen and oxygen atoms in total. The van der Waals surface area contributed by atoms with Crippen LogP contribution in [0.1, 0.15) is 20.8 Å². The monoisotopic (exact) mass is 262 g/mol. The molecule has 0 aliphatic carbocycles. The molecule has 1 aliphatic heterocycles. The van der Waals surface area contributed by atoms with Gasteiger partial charge in [0, 0.05) is 57.1 Å². The number of pyridine rings is 1. The van der Waals surface area contributed by atoms with Crippen molar-refractivity contribution in [2.45, 2.75) is 26.8 Å². The van der Waals surface area contributed by atoms with Gasteiger partial charge in [-0.2, -0.15) is 0 Å². The van der Waals surface area contributed by atoms with E-state index in [4.69, 9.17) is 0 Å². The zero-order valence-corrected chi connectivity index (χ0v) is 11.9. The second-order valence-electron chi connectivity index (χ2n) is 5.20. The highest BCUT2D eigenvalue weighted by molar-refractivity contribution is 5.89. The number of anilines is 2. The number of hydrogen-bond donors (Lipinski definition) is 1. The summed E-state index contributed by atoms with van der Waals surface area (Å²) in [5.41, 5.74) is 0.809. The first-order chi connectivity index (χ1) is 9.06. The summed E-state index contributed by atoms with van der Waals surface area (Å²) in [7, 11) is 0. The summed E-state index contributed by atoms with van der Waals surface area (Å²) in [5, 5.41) is 2.80. The van der Waals surface area contributed by atoms with Crippen molar-refractivity contribution in [2.75, 3.05) is 36.4 Å². The Kier molecular flexibility index (Phi) is 4.37. The smallest absolute Gasteiger partial charge is 0.221 e. The molecule has 0 saturated carbocycles. The van der Waals surface area contributed by atoms with Crippen molar-refractivity contribution in [1.82, 2.24) is 9.88 Å². The molecule has 0 aromatic carbocycles. The number of nitrogens with one attached hydrogen (secondary N) is 1. The van der Waals surface area contributed by atoms with E-state index >= 15 is 0 Å². The molecule has 1 aliphatic rings. The predicted molar refractivity (Wildman–Crippen MR) is 77.5 cm³/mol. The number of rotatable bonds is 3. The van der Waals surface area contributed by atoms with E-state index in [2.05, 4.69) is 33.9 Å². The number of piperazine rings is 1. The van der Waals surface area contributed by atoms with E-state index < -0.39 is 0 Å². The van der Waals surface area contributed by atoms with Gasteiger partial charge in [0.2, 0.25) is 5.91 Å². The standard InChI is InChI=1S/C14H22N4O/c1-11(2)17-6-8-18(9-7-17)14-10-13(4-5-15-14)16-12(3)19/h4-5,10-11H,6-9H2,1-3H3,(H,15,16,19). The van der Waals surface area contributed by atoms with Crippen molar-refractivity contribution in [3.05, 3.63) is 18.3 Å². The first-order valence-corrected chi connectivity index (χ1v) is 6.79. The highest BCUT2D eigenvalue weighted by Crippen LogP contribution is 2.18. The Morgan fingerprint density at radius 3 is 2.58 bits per heavy atom. The third kappa shape index (κ3) is 3.67. The Morgan fingerprint density at radius 2 is 2.00 bits per heavy atom. The Bertz CT molecular complexity index is 439. The molecule has 2 rings (SSSR count). The van der Waals surface area contributed by atoms with Gasteiger partial charge in [-0.05, 0) is 19.9 Å². The molecule has 1 aromatic rings. The molecule has 1 aromatic heterocycles. The van der Waals surface area contributed by atoms with Gasteiger partial charge in [-0.15, -0.1) is 0 Å². The molecule has 1 fully saturated rings. The first kappa shape index (κ1) is 13.8. The van der Waals surface area contributed by atoms with Gasteiger partial charge in [0.05, 0.1) is 0 Å². The maximum absolute atomic E-state index is 11.1. The van der Waals surface area contributed by atoms with E-state index in [9.17, 15) is 4.79 Å². The maximum atomic E-state index is 11.1. The van der Waals surface area contributed by atoms with Crippen LogP contribution in [0, 0.1) is 0 Å². The predicted octanol–water partition coefficient (Wildman–Crippen LogP) is 1.57. The second kappa shape index (κ2) is 6.02. The molecular formula is C14H22N4O. The van der Waals surface area contributed by atoms with Gasteiger partial charge in [0.25, 0.3) is 0 Å². The molecule has 1 amide bonds. The van der Waals surface area contributed by atoms with E-state index in [-0.39, 0.29) is 5.91 Å². The Labute approximate surface area is 114 Å². The lowest BCUT2D eigenvalue weighted by Crippen LogP contribution is -2.49. The summed E-state index contributed by atoms with van der Waals surface area (Å²) in [6.45, 7) is 10.1. The highest BCUT2D eigenvalue weighted by Gasteiger charge is 2.19. The minimum Gasteiger partial charge on any atom is -0.354 e. The number of carbonyl (C=O) groups is 1. The summed E-state index contributed by atoms with van der Waals surface area (Å²) < 4.78 is 0. The maximum Gasteiger partial charge on any atom is 0.221 e. The summed E-state index contributed by atoms with van der Waals surface area (Å²) >= 11 is 0. The van der Waals surface area contributed by atoms with Crippen LogP contribution >= 0.6 is 0 Å². The Balaban J connectivity index is 2.01. The van der Waals surface area contributed by atoms with Crippen LogP contribution in [-0.2, 0) is 4.79 Å². The van der Waals surface area contributed by atoms with Crippen LogP contribution in [0.5, 0.6) is 0 Å². The highest BCUT2D eigenvalue weighted by atomic mass is 16.1. The van der Waals surface area contributed by atoms with E-state index in [1.165, 1.54) is 6.92 Å². The zero-order valence-electron chi connectivity index (χ0n) is 11.9. The fourth-order valence-electron chi connectivity index (χ4n) is 2.34. The number of amides is 1. The average Bonchev–Trinajstić information content (AvgIpc) is 2.38. The van der Waals surface area contributed by atoms with Crippen molar-refractivity contribution in [3.8, 4) is 0 Å². The lowest BCUT2D eigenvalue weighted by molar-refractivity contribution is -0.114. The quantitative estimate of drug-likeness (QED) is 0.898. The van der Waals surface area contributed by atoms with Gasteiger partial charge in [-0.3, -0.25) is 9.69 Å². The molecule has 5 heteroatoms. The van der Waals surface area contributed by atoms with Crippen molar-refractivity contribution in [2.24, 2.45) is 0 Å². The second-order valence-corrected chi connectivity index (χ2v) is 5.20. The molecule has 0 unspecified atom stereocenters. The largest absolute Gasteiger partial charge is 0.354 e. The fraction of sp³-hybridized carbons (Fsp3) is 0.571. The average molecular weight is 262 g/mol. The van der Waals surface area contributed by atoms with Crippen molar-refractivity contribution in [3.63, 3.8) is 0 Å². The van der Waals surface area contributed by atoms with E-state index in [0.29, 0.717) is 6.04 Å². The molecule has 0 atom stereocenters. The van der Waals surface area contributed by atoms with Gasteiger partial charge < -0.3 is 10.2 Å². The normalized spacial score (nSPS) is 16.7. The summed E-state index contributed by atoms with van der Waals surface area (Å²) in [6, 6.07) is 4.35. The lowest BCUT2D eigenvalue weighted by Gasteiger charge is -2.37. The number of nitrogens with zero attached hydrogens (tertiary/aromatic N) is 3. The minimum absolute atomic E-state index is 0.0539. The Hall–Kier alpha value is -1.62. The molecule has 0 bridgehead atoms. The Morgan fingerprint density at radius 1 is 1.32 bits per heavy atom. The zero-order chi connectivity index (χ0) is 13.8. The fourth-order valence-corrected chi connectivity index (χ4v) is 2.34. The van der Waals surface area contributed by atoms with Gasteiger partial charge in [-0.1, -0.05) is 0 Å². The molecule has 1 N–H and O–H groups in total. The van der Waals surface area contributed by atoms with Crippen molar-refractivity contribution < 1.29 is 4.79 Å². The summed E-state index contributed by atoms with van der Waals surface area (Å²) in [5.74, 6) is 0.886. The molecule has 1 saturated heterocycles. The van der Waals surface area contributed by atoms with E-state index in [0.717, 1.165) is 37.7 Å².